The largest absolute Gasteiger partial charge is 0.380 e. The topological polar surface area (TPSA) is 35.8 Å². The molecule has 0 saturated heterocycles. The second-order valence-electron chi connectivity index (χ2n) is 4.11. The Kier molecular flexibility index (Phi) is 4.01. The molecule has 3 heteroatoms. The second-order valence-corrected chi connectivity index (χ2v) is 4.96. The Morgan fingerprint density at radius 2 is 2.00 bits per heavy atom. The minimum atomic E-state index is 0.645. The van der Waals surface area contributed by atoms with E-state index >= 15 is 0 Å². The molecule has 0 radical (unpaired) electrons. The lowest BCUT2D eigenvalue weighted by molar-refractivity contribution is 1.13. The summed E-state index contributed by atoms with van der Waals surface area (Å²) in [5.74, 6) is 0. The van der Waals surface area contributed by atoms with Crippen LogP contribution in [0.1, 0.15) is 16.7 Å². The molecule has 0 saturated carbocycles. The Hall–Kier alpha value is -1.79. The Labute approximate surface area is 115 Å². The quantitative estimate of drug-likeness (QED) is 0.920. The van der Waals surface area contributed by atoms with E-state index in [0.717, 1.165) is 15.7 Å². The Morgan fingerprint density at radius 3 is 2.78 bits per heavy atom. The van der Waals surface area contributed by atoms with E-state index in [1.54, 1.807) is 0 Å². The predicted octanol–water partition coefficient (Wildman–Crippen LogP) is 4.24. The maximum absolute atomic E-state index is 9.03. The number of nitriles is 1. The minimum Gasteiger partial charge on any atom is -0.380 e. The van der Waals surface area contributed by atoms with Gasteiger partial charge in [-0.1, -0.05) is 24.3 Å². The number of anilines is 1. The molecule has 0 aliphatic heterocycles. The average Bonchev–Trinajstić information content (AvgIpc) is 2.40. The highest BCUT2D eigenvalue weighted by Gasteiger charge is 2.03. The van der Waals surface area contributed by atoms with Crippen molar-refractivity contribution < 1.29 is 0 Å². The van der Waals surface area contributed by atoms with Gasteiger partial charge >= 0.3 is 0 Å². The lowest BCUT2D eigenvalue weighted by atomic mass is 10.1. The third-order valence-corrected chi connectivity index (χ3v) is 3.42. The van der Waals surface area contributed by atoms with Crippen LogP contribution in [-0.4, -0.2) is 0 Å². The molecule has 0 heterocycles. The first-order chi connectivity index (χ1) is 8.70. The van der Waals surface area contributed by atoms with Gasteiger partial charge in [-0.05, 0) is 52.2 Å². The van der Waals surface area contributed by atoms with Gasteiger partial charge in [0.25, 0.3) is 0 Å². The van der Waals surface area contributed by atoms with Gasteiger partial charge in [0.15, 0.2) is 0 Å². The second kappa shape index (κ2) is 5.70. The summed E-state index contributed by atoms with van der Waals surface area (Å²) in [5, 5.41) is 12.4. The SMILES string of the molecule is Cc1ccc(Br)c(NCc2ccccc2C#N)c1. The number of benzene rings is 2. The summed E-state index contributed by atoms with van der Waals surface area (Å²) >= 11 is 3.51. The molecule has 18 heavy (non-hydrogen) atoms. The number of aryl methyl sites for hydroxylation is 1. The van der Waals surface area contributed by atoms with Gasteiger partial charge in [-0.3, -0.25) is 0 Å². The monoisotopic (exact) mass is 300 g/mol. The number of hydrogen-bond acceptors (Lipinski definition) is 2. The molecule has 90 valence electrons. The molecule has 0 fully saturated rings. The molecule has 0 aliphatic rings. The van der Waals surface area contributed by atoms with E-state index in [1.807, 2.05) is 30.3 Å². The fraction of sp³-hybridized carbons (Fsp3) is 0.133. The molecule has 0 atom stereocenters. The van der Waals surface area contributed by atoms with E-state index < -0.39 is 0 Å². The summed E-state index contributed by atoms with van der Waals surface area (Å²) < 4.78 is 1.03. The van der Waals surface area contributed by atoms with Crippen molar-refractivity contribution in [3.63, 3.8) is 0 Å². The fourth-order valence-corrected chi connectivity index (χ4v) is 2.14. The Morgan fingerprint density at radius 1 is 1.22 bits per heavy atom. The normalized spacial score (nSPS) is 9.83. The van der Waals surface area contributed by atoms with E-state index in [2.05, 4.69) is 46.4 Å². The number of nitrogens with one attached hydrogen (secondary N) is 1. The van der Waals surface area contributed by atoms with E-state index in [1.165, 1.54) is 5.56 Å². The van der Waals surface area contributed by atoms with Gasteiger partial charge < -0.3 is 5.32 Å². The first-order valence-electron chi connectivity index (χ1n) is 5.69. The van der Waals surface area contributed by atoms with Crippen molar-refractivity contribution in [2.45, 2.75) is 13.5 Å². The van der Waals surface area contributed by atoms with Gasteiger partial charge in [0.2, 0.25) is 0 Å². The number of halogens is 1. The van der Waals surface area contributed by atoms with Crippen molar-refractivity contribution in [1.29, 1.82) is 5.26 Å². The fourth-order valence-electron chi connectivity index (χ4n) is 1.75. The molecule has 0 aliphatic carbocycles. The van der Waals surface area contributed by atoms with Crippen LogP contribution in [0.2, 0.25) is 0 Å². The van der Waals surface area contributed by atoms with Gasteiger partial charge in [-0.25, -0.2) is 0 Å². The third kappa shape index (κ3) is 2.91. The maximum atomic E-state index is 9.03. The Balaban J connectivity index is 2.17. The molecule has 0 spiro atoms. The van der Waals surface area contributed by atoms with E-state index in [0.29, 0.717) is 12.1 Å². The van der Waals surface area contributed by atoms with Crippen molar-refractivity contribution in [2.75, 3.05) is 5.32 Å². The standard InChI is InChI=1S/C15H13BrN2/c1-11-6-7-14(16)15(8-11)18-10-13-5-3-2-4-12(13)9-17/h2-8,18H,10H2,1H3. The van der Waals surface area contributed by atoms with Crippen LogP contribution in [0, 0.1) is 18.3 Å². The molecule has 2 nitrogen and oxygen atoms in total. The smallest absolute Gasteiger partial charge is 0.0995 e. The predicted molar refractivity (Wildman–Crippen MR) is 77.4 cm³/mol. The molecule has 2 aromatic carbocycles. The summed E-state index contributed by atoms with van der Waals surface area (Å²) in [6, 6.07) is 16.0. The van der Waals surface area contributed by atoms with Gasteiger partial charge in [0.05, 0.1) is 11.6 Å². The van der Waals surface area contributed by atoms with Crippen molar-refractivity contribution >= 4 is 21.6 Å². The summed E-state index contributed by atoms with van der Waals surface area (Å²) in [5.41, 5.74) is 3.97. The summed E-state index contributed by atoms with van der Waals surface area (Å²) in [6.45, 7) is 2.70. The average molecular weight is 301 g/mol. The van der Waals surface area contributed by atoms with Gasteiger partial charge in [-0.2, -0.15) is 5.26 Å². The zero-order valence-electron chi connectivity index (χ0n) is 10.1. The van der Waals surface area contributed by atoms with Crippen LogP contribution in [0.25, 0.3) is 0 Å². The lowest BCUT2D eigenvalue weighted by Crippen LogP contribution is -2.02. The van der Waals surface area contributed by atoms with Crippen LogP contribution in [-0.2, 0) is 6.54 Å². The highest BCUT2D eigenvalue weighted by atomic mass is 79.9. The van der Waals surface area contributed by atoms with Crippen LogP contribution in [0.15, 0.2) is 46.9 Å². The van der Waals surface area contributed by atoms with Crippen LogP contribution in [0.4, 0.5) is 5.69 Å². The first kappa shape index (κ1) is 12.7. The van der Waals surface area contributed by atoms with Crippen LogP contribution < -0.4 is 5.32 Å². The minimum absolute atomic E-state index is 0.645. The molecular weight excluding hydrogens is 288 g/mol. The van der Waals surface area contributed by atoms with Gasteiger partial charge in [0, 0.05) is 16.7 Å². The molecule has 1 N–H and O–H groups in total. The highest BCUT2D eigenvalue weighted by molar-refractivity contribution is 9.10. The van der Waals surface area contributed by atoms with E-state index in [4.69, 9.17) is 5.26 Å². The zero-order chi connectivity index (χ0) is 13.0. The molecule has 0 unspecified atom stereocenters. The maximum Gasteiger partial charge on any atom is 0.0995 e. The van der Waals surface area contributed by atoms with Crippen molar-refractivity contribution in [2.24, 2.45) is 0 Å². The van der Waals surface area contributed by atoms with Crippen LogP contribution >= 0.6 is 15.9 Å². The Bertz CT molecular complexity index is 600. The molecule has 0 bridgehead atoms. The molecular formula is C15H13BrN2. The first-order valence-corrected chi connectivity index (χ1v) is 6.48. The van der Waals surface area contributed by atoms with E-state index in [9.17, 15) is 0 Å². The van der Waals surface area contributed by atoms with Gasteiger partial charge in [-0.15, -0.1) is 0 Å². The molecule has 2 aromatic rings. The third-order valence-electron chi connectivity index (χ3n) is 2.73. The zero-order valence-corrected chi connectivity index (χ0v) is 11.7. The summed E-state index contributed by atoms with van der Waals surface area (Å²) in [6.07, 6.45) is 0. The molecule has 0 aromatic heterocycles. The van der Waals surface area contributed by atoms with Crippen LogP contribution in [0.5, 0.6) is 0 Å². The number of rotatable bonds is 3. The number of hydrogen-bond donors (Lipinski definition) is 1. The van der Waals surface area contributed by atoms with Crippen molar-refractivity contribution in [3.8, 4) is 6.07 Å². The lowest BCUT2D eigenvalue weighted by Gasteiger charge is -2.10. The molecule has 2 rings (SSSR count). The van der Waals surface area contributed by atoms with Crippen molar-refractivity contribution in [1.82, 2.24) is 0 Å². The number of nitrogens with zero attached hydrogens (tertiary/aromatic N) is 1. The summed E-state index contributed by atoms with van der Waals surface area (Å²) in [7, 11) is 0. The summed E-state index contributed by atoms with van der Waals surface area (Å²) in [4.78, 5) is 0. The van der Waals surface area contributed by atoms with Crippen LogP contribution in [0.3, 0.4) is 0 Å². The molecule has 0 amide bonds. The van der Waals surface area contributed by atoms with Gasteiger partial charge in [0.1, 0.15) is 0 Å². The van der Waals surface area contributed by atoms with Crippen molar-refractivity contribution in [3.05, 3.63) is 63.6 Å². The van der Waals surface area contributed by atoms with E-state index in [-0.39, 0.29) is 0 Å². The highest BCUT2D eigenvalue weighted by Crippen LogP contribution is 2.24.